The topological polar surface area (TPSA) is 631 Å². The molecule has 0 saturated carbocycles. The molecular weight excluding hydrogens is 1130 g/mol. The quantitative estimate of drug-likeness (QED) is 0.0375. The van der Waals surface area contributed by atoms with Crippen molar-refractivity contribution in [1.29, 1.82) is 0 Å². The first-order chi connectivity index (χ1) is 33.2. The number of amides is 1. The van der Waals surface area contributed by atoms with Gasteiger partial charge in [-0.3, -0.25) is 27.6 Å². The van der Waals surface area contributed by atoms with Gasteiger partial charge in [-0.25, -0.2) is 26.3 Å². The highest BCUT2D eigenvalue weighted by atomic mass is 32.3. The van der Waals surface area contributed by atoms with Crippen molar-refractivity contribution in [2.45, 2.75) is 130 Å². The molecule has 4 aliphatic heterocycles. The van der Waals surface area contributed by atoms with Crippen LogP contribution in [0.1, 0.15) is 6.92 Å². The maximum atomic E-state index is 12.7. The van der Waals surface area contributed by atoms with Crippen LogP contribution >= 0.6 is 0 Å². The van der Waals surface area contributed by atoms with Crippen LogP contribution in [0.15, 0.2) is 12.8 Å². The van der Waals surface area contributed by atoms with Gasteiger partial charge in [0.25, 0.3) is 0 Å². The third kappa shape index (κ3) is 18.5. The third-order valence-electron chi connectivity index (χ3n) is 9.68. The van der Waals surface area contributed by atoms with E-state index in [0.717, 1.165) is 13.2 Å². The molecule has 426 valence electrons. The number of carbonyl (C=O) groups excluding carboxylic acids is 1. The van der Waals surface area contributed by atoms with Crippen LogP contribution < -0.4 is 10.0 Å². The molecule has 0 aliphatic carbocycles. The lowest BCUT2D eigenvalue weighted by Gasteiger charge is -2.50. The zero-order valence-electron chi connectivity index (χ0n) is 35.8. The number of nitrogens with one attached hydrogen (secondary N) is 2. The lowest BCUT2D eigenvalue weighted by Crippen LogP contribution is -2.71. The van der Waals surface area contributed by atoms with Crippen LogP contribution in [0.3, 0.4) is 0 Å². The predicted octanol–water partition coefficient (Wildman–Crippen LogP) is -10.0. The van der Waals surface area contributed by atoms with Crippen molar-refractivity contribution in [2.24, 2.45) is 0 Å². The van der Waals surface area contributed by atoms with Crippen molar-refractivity contribution in [3.8, 4) is 0 Å². The predicted molar refractivity (Wildman–Crippen MR) is 214 cm³/mol. The van der Waals surface area contributed by atoms with E-state index in [9.17, 15) is 116 Å². The first-order valence-corrected chi connectivity index (χ1v) is 26.0. The van der Waals surface area contributed by atoms with Gasteiger partial charge < -0.3 is 84.4 Å². The molecule has 0 bridgehead atoms. The van der Waals surface area contributed by atoms with Gasteiger partial charge in [-0.15, -0.1) is 0 Å². The van der Waals surface area contributed by atoms with E-state index in [-0.39, 0.29) is 0 Å². The van der Waals surface area contributed by atoms with Gasteiger partial charge in [0.2, 0.25) is 5.91 Å². The van der Waals surface area contributed by atoms with Gasteiger partial charge in [-0.2, -0.15) is 46.8 Å². The van der Waals surface area contributed by atoms with Gasteiger partial charge in [0, 0.05) is 6.92 Å². The number of carboxylic acids is 2. The Balaban J connectivity index is 0.00000457. The zero-order valence-corrected chi connectivity index (χ0v) is 39.9. The number of aliphatic hydroxyl groups is 7. The van der Waals surface area contributed by atoms with Crippen molar-refractivity contribution < 1.29 is 175 Å². The van der Waals surface area contributed by atoms with Crippen LogP contribution in [0.25, 0.3) is 0 Å². The summed E-state index contributed by atoms with van der Waals surface area (Å²) in [5, 5.41) is 93.3. The van der Waals surface area contributed by atoms with Crippen molar-refractivity contribution in [3.63, 3.8) is 0 Å². The Hall–Kier alpha value is -3.22. The fraction of sp³-hybridized carbons (Fsp3) is 0.821. The van der Waals surface area contributed by atoms with Gasteiger partial charge >= 0.3 is 63.8 Å². The van der Waals surface area contributed by atoms with Crippen LogP contribution in [0.4, 0.5) is 0 Å². The smallest absolute Gasteiger partial charge is 0.397 e. The number of aliphatic hydroxyl groups excluding tert-OH is 7. The summed E-state index contributed by atoms with van der Waals surface area (Å²) in [5.41, 5.74) is 0. The second-order valence-corrected chi connectivity index (χ2v) is 20.2. The van der Waals surface area contributed by atoms with E-state index >= 15 is 0 Å². The third-order valence-corrected chi connectivity index (χ3v) is 12.1. The lowest BCUT2D eigenvalue weighted by molar-refractivity contribution is -0.366. The Bertz CT molecular complexity index is 2500. The van der Waals surface area contributed by atoms with Gasteiger partial charge in [0.05, 0.1) is 19.5 Å². The Morgan fingerprint density at radius 1 is 0.562 bits per heavy atom. The van der Waals surface area contributed by atoms with Gasteiger partial charge in [0.1, 0.15) is 73.1 Å². The molecule has 4 heterocycles. The summed E-state index contributed by atoms with van der Waals surface area (Å²) in [5.74, 6) is -5.49. The molecule has 4 aliphatic rings. The molecule has 4 saturated heterocycles. The first-order valence-electron chi connectivity index (χ1n) is 19.1. The van der Waals surface area contributed by atoms with E-state index in [2.05, 4.69) is 23.3 Å². The largest absolute Gasteiger partial charge is 0.516 e. The first kappa shape index (κ1) is 64.1. The summed E-state index contributed by atoms with van der Waals surface area (Å²) < 4.78 is 222. The normalized spacial score (nSPS) is 37.8. The van der Waals surface area contributed by atoms with Gasteiger partial charge in [-0.1, -0.05) is 6.58 Å². The number of carboxylic acid groups (broad SMARTS) is 2. The SMILES string of the molecule is C=CO.CC(=O)N[C@@H]1[C@@H](O)[C@H](O[C@@H]2O[C@H](C(=O)O)[C@@H](O[C@@H]3O[C@H](CO)[C@@H](O[C@H]4O[C@@H](C(=O)O)[C@H](O)[C@@H](O)[C@@H]4OS(=O)(=O)O)[C@H](OS(=O)(=O)O)[C@H]3NS(=O)(=O)O)[C@H](O)[C@H]2OS(=O)(=O)O)[C@H](COS(=O)(=O)O)O[C@H]1O. The molecule has 0 aromatic carbocycles. The monoisotopic (exact) mass is 1180 g/mol. The molecule has 20 atom stereocenters. The number of hydrogen-bond donors (Lipinski definition) is 16. The Labute approximate surface area is 409 Å². The van der Waals surface area contributed by atoms with Crippen LogP contribution in [-0.2, 0) is 116 Å². The van der Waals surface area contributed by atoms with Crippen LogP contribution in [0.5, 0.6) is 0 Å². The Morgan fingerprint density at radius 3 is 1.45 bits per heavy atom. The van der Waals surface area contributed by atoms with Crippen molar-refractivity contribution in [2.75, 3.05) is 13.2 Å². The van der Waals surface area contributed by atoms with E-state index in [1.165, 1.54) is 4.72 Å². The number of carbonyl (C=O) groups is 3. The van der Waals surface area contributed by atoms with E-state index in [0.29, 0.717) is 0 Å². The summed E-state index contributed by atoms with van der Waals surface area (Å²) in [6, 6.07) is -4.96. The molecule has 16 N–H and O–H groups in total. The molecule has 4 fully saturated rings. The Kier molecular flexibility index (Phi) is 22.2. The zero-order chi connectivity index (χ0) is 56.1. The maximum Gasteiger partial charge on any atom is 0.397 e. The minimum absolute atomic E-state index is 0.750. The average Bonchev–Trinajstić information content (AvgIpc) is 3.21. The second kappa shape index (κ2) is 25.3. The minimum Gasteiger partial charge on any atom is -0.516 e. The molecule has 1 amide bonds. The van der Waals surface area contributed by atoms with E-state index < -0.39 is 206 Å². The number of aliphatic carboxylic acids is 2. The summed E-state index contributed by atoms with van der Waals surface area (Å²) in [7, 11) is -29.1. The molecule has 0 aromatic rings. The second-order valence-electron chi connectivity index (χ2n) is 14.8. The standard InChI is InChI=1S/C26H42N2O37S5.C2H4O/c1-4(30)27-7-9(31)13(6(56-23(7)39)3-55-67(43,44)45)58-26-19(65-70(52,53)54)12(34)16(20(62-26)22(37)38)60-24-8(28-66(40,41)42)15(63-68(46,47)48)14(5(2-29)57-24)59-25-18(64-69(49,50)51)11(33)10(32)17(61-25)21(35)36;1-2-3/h5-20,23-26,28-29,31-34,39H,2-3H2,1H3,(H,27,30)(H,35,36)(H,37,38)(H,40,41,42)(H,43,44,45)(H,46,47,48)(H,49,50,51)(H,52,53,54);2-3H,1H2/t5-,6+,7-,8-,9-,10-,11-,12+,13-,14-,15-,16+,17-,18+,19-,20+,23-,24+,25+,26-;/m1./s1. The van der Waals surface area contributed by atoms with E-state index in [4.69, 9.17) is 42.8 Å². The number of rotatable bonds is 21. The van der Waals surface area contributed by atoms with Crippen molar-refractivity contribution in [1.82, 2.24) is 10.0 Å². The minimum atomic E-state index is -6.09. The van der Waals surface area contributed by atoms with Crippen molar-refractivity contribution >= 4 is 69.7 Å². The molecular formula is C28H46N2O38S5. The Morgan fingerprint density at radius 2 is 1.01 bits per heavy atom. The van der Waals surface area contributed by atoms with Crippen LogP contribution in [-0.4, -0.2) is 265 Å². The summed E-state index contributed by atoms with van der Waals surface area (Å²) in [4.78, 5) is 36.4. The summed E-state index contributed by atoms with van der Waals surface area (Å²) in [6.45, 7) is 0.677. The summed E-state index contributed by atoms with van der Waals surface area (Å²) in [6.07, 6.45) is -48.3. The van der Waals surface area contributed by atoms with Crippen LogP contribution in [0.2, 0.25) is 0 Å². The highest BCUT2D eigenvalue weighted by Gasteiger charge is 2.60. The van der Waals surface area contributed by atoms with Gasteiger partial charge in [-0.05, 0) is 0 Å². The molecule has 40 nitrogen and oxygen atoms in total. The van der Waals surface area contributed by atoms with E-state index in [1.807, 2.05) is 5.32 Å². The lowest BCUT2D eigenvalue weighted by atomic mass is 9.94. The van der Waals surface area contributed by atoms with E-state index in [1.54, 1.807) is 0 Å². The fourth-order valence-electron chi connectivity index (χ4n) is 7.05. The number of hydrogen-bond acceptors (Lipinski definition) is 31. The molecule has 0 unspecified atom stereocenters. The molecule has 0 spiro atoms. The molecule has 4 rings (SSSR count). The molecule has 73 heavy (non-hydrogen) atoms. The van der Waals surface area contributed by atoms with Gasteiger partial charge in [0.15, 0.2) is 49.6 Å². The van der Waals surface area contributed by atoms with Crippen LogP contribution in [0, 0.1) is 0 Å². The molecule has 0 aromatic heterocycles. The molecule has 45 heteroatoms. The van der Waals surface area contributed by atoms with Crippen molar-refractivity contribution in [3.05, 3.63) is 12.8 Å². The molecule has 0 radical (unpaired) electrons. The maximum absolute atomic E-state index is 12.7. The summed E-state index contributed by atoms with van der Waals surface area (Å²) >= 11 is 0. The fourth-order valence-corrected chi connectivity index (χ4v) is 9.43. The number of ether oxygens (including phenoxy) is 7. The average molecular weight is 1180 g/mol. The highest BCUT2D eigenvalue weighted by molar-refractivity contribution is 7.83. The highest BCUT2D eigenvalue weighted by Crippen LogP contribution is 2.37.